The quantitative estimate of drug-likeness (QED) is 0.907. The van der Waals surface area contributed by atoms with Crippen LogP contribution in [0.5, 0.6) is 5.75 Å². The molecule has 1 aliphatic heterocycles. The van der Waals surface area contributed by atoms with Crippen LogP contribution in [0.2, 0.25) is 0 Å². The lowest BCUT2D eigenvalue weighted by molar-refractivity contribution is 0.0387. The van der Waals surface area contributed by atoms with E-state index in [9.17, 15) is 4.79 Å². The SMILES string of the molecule is COc1ccc([C@H]2NC(=O)OCC2(C)C)cc1C.Cl. The zero-order chi connectivity index (χ0) is 13.3. The number of halogens is 1. The number of hydrogen-bond donors (Lipinski definition) is 1. The summed E-state index contributed by atoms with van der Waals surface area (Å²) in [4.78, 5) is 11.4. The number of cyclic esters (lactones) is 1. The number of amides is 1. The first kappa shape index (κ1) is 15.6. The largest absolute Gasteiger partial charge is 0.496 e. The highest BCUT2D eigenvalue weighted by atomic mass is 35.5. The normalized spacial score (nSPS) is 20.8. The Hall–Kier alpha value is -1.42. The number of carbonyl (C=O) groups is 1. The van der Waals surface area contributed by atoms with Crippen LogP contribution < -0.4 is 10.1 Å². The number of alkyl carbamates (subject to hydrolysis) is 1. The molecule has 19 heavy (non-hydrogen) atoms. The molecule has 0 saturated carbocycles. The van der Waals surface area contributed by atoms with Gasteiger partial charge < -0.3 is 14.8 Å². The van der Waals surface area contributed by atoms with Crippen LogP contribution >= 0.6 is 12.4 Å². The van der Waals surface area contributed by atoms with Gasteiger partial charge in [-0.25, -0.2) is 4.79 Å². The van der Waals surface area contributed by atoms with E-state index in [4.69, 9.17) is 9.47 Å². The fourth-order valence-corrected chi connectivity index (χ4v) is 2.31. The summed E-state index contributed by atoms with van der Waals surface area (Å²) >= 11 is 0. The molecule has 4 nitrogen and oxygen atoms in total. The predicted molar refractivity (Wildman–Crippen MR) is 76.0 cm³/mol. The Balaban J connectivity index is 0.00000180. The van der Waals surface area contributed by atoms with Crippen LogP contribution in [-0.4, -0.2) is 19.8 Å². The maximum absolute atomic E-state index is 11.4. The zero-order valence-electron chi connectivity index (χ0n) is 11.6. The summed E-state index contributed by atoms with van der Waals surface area (Å²) in [5.41, 5.74) is 2.01. The maximum atomic E-state index is 11.4. The predicted octanol–water partition coefficient (Wildman–Crippen LogP) is 3.23. The van der Waals surface area contributed by atoms with Gasteiger partial charge in [-0.2, -0.15) is 0 Å². The first-order valence-electron chi connectivity index (χ1n) is 6.02. The van der Waals surface area contributed by atoms with Gasteiger partial charge in [0.25, 0.3) is 0 Å². The molecule has 0 bridgehead atoms. The van der Waals surface area contributed by atoms with Gasteiger partial charge >= 0.3 is 6.09 Å². The molecule has 0 spiro atoms. The molecule has 1 aromatic rings. The van der Waals surface area contributed by atoms with Crippen LogP contribution in [0.4, 0.5) is 4.79 Å². The third-order valence-corrected chi connectivity index (χ3v) is 3.37. The molecule has 1 aromatic carbocycles. The van der Waals surface area contributed by atoms with Gasteiger partial charge in [0.2, 0.25) is 0 Å². The molecule has 1 aliphatic rings. The van der Waals surface area contributed by atoms with Crippen LogP contribution in [0.3, 0.4) is 0 Å². The van der Waals surface area contributed by atoms with E-state index < -0.39 is 0 Å². The van der Waals surface area contributed by atoms with E-state index in [1.165, 1.54) is 0 Å². The smallest absolute Gasteiger partial charge is 0.407 e. The highest BCUT2D eigenvalue weighted by Crippen LogP contribution is 2.37. The second kappa shape index (κ2) is 5.70. The van der Waals surface area contributed by atoms with Crippen molar-refractivity contribution < 1.29 is 14.3 Å². The Kier molecular flexibility index (Phi) is 4.69. The minimum atomic E-state index is -0.354. The Labute approximate surface area is 119 Å². The number of carbonyl (C=O) groups excluding carboxylic acids is 1. The van der Waals surface area contributed by atoms with Crippen molar-refractivity contribution in [3.05, 3.63) is 29.3 Å². The Morgan fingerprint density at radius 2 is 2.11 bits per heavy atom. The van der Waals surface area contributed by atoms with Crippen molar-refractivity contribution in [1.29, 1.82) is 0 Å². The highest BCUT2D eigenvalue weighted by molar-refractivity contribution is 5.85. The molecular formula is C14H20ClNO3. The van der Waals surface area contributed by atoms with Crippen LogP contribution in [-0.2, 0) is 4.74 Å². The molecule has 0 unspecified atom stereocenters. The summed E-state index contributed by atoms with van der Waals surface area (Å²) in [5, 5.41) is 2.89. The van der Waals surface area contributed by atoms with Gasteiger partial charge in [-0.05, 0) is 24.1 Å². The van der Waals surface area contributed by atoms with E-state index in [0.29, 0.717) is 6.61 Å². The molecule has 0 aromatic heterocycles. The lowest BCUT2D eigenvalue weighted by atomic mass is 9.80. The molecule has 0 radical (unpaired) electrons. The van der Waals surface area contributed by atoms with E-state index in [1.807, 2.05) is 19.1 Å². The first-order chi connectivity index (χ1) is 8.44. The summed E-state index contributed by atoms with van der Waals surface area (Å²) in [6, 6.07) is 5.94. The summed E-state index contributed by atoms with van der Waals surface area (Å²) in [6.45, 7) is 6.58. The fourth-order valence-electron chi connectivity index (χ4n) is 2.31. The lowest BCUT2D eigenvalue weighted by Gasteiger charge is -2.38. The number of nitrogens with one attached hydrogen (secondary N) is 1. The number of methoxy groups -OCH3 is 1. The molecule has 0 aliphatic carbocycles. The molecule has 1 heterocycles. The van der Waals surface area contributed by atoms with Crippen LogP contribution in [0, 0.1) is 12.3 Å². The number of rotatable bonds is 2. The molecule has 1 N–H and O–H groups in total. The van der Waals surface area contributed by atoms with Crippen molar-refractivity contribution in [2.45, 2.75) is 26.8 Å². The Bertz CT molecular complexity index is 474. The number of benzene rings is 1. The van der Waals surface area contributed by atoms with E-state index >= 15 is 0 Å². The zero-order valence-corrected chi connectivity index (χ0v) is 12.5. The second-order valence-corrected chi connectivity index (χ2v) is 5.37. The molecule has 5 heteroatoms. The molecular weight excluding hydrogens is 266 g/mol. The average molecular weight is 286 g/mol. The third kappa shape index (κ3) is 3.13. The molecule has 106 valence electrons. The van der Waals surface area contributed by atoms with E-state index in [1.54, 1.807) is 7.11 Å². The molecule has 1 amide bonds. The van der Waals surface area contributed by atoms with Crippen molar-refractivity contribution >= 4 is 18.5 Å². The minimum Gasteiger partial charge on any atom is -0.496 e. The summed E-state index contributed by atoms with van der Waals surface area (Å²) in [5.74, 6) is 0.856. The molecule has 1 saturated heterocycles. The van der Waals surface area contributed by atoms with Crippen molar-refractivity contribution in [3.8, 4) is 5.75 Å². The van der Waals surface area contributed by atoms with E-state index in [0.717, 1.165) is 16.9 Å². The maximum Gasteiger partial charge on any atom is 0.407 e. The number of ether oxygens (including phenoxy) is 2. The monoisotopic (exact) mass is 285 g/mol. The summed E-state index contributed by atoms with van der Waals surface area (Å²) < 4.78 is 10.3. The van der Waals surface area contributed by atoms with Gasteiger partial charge in [-0.15, -0.1) is 12.4 Å². The van der Waals surface area contributed by atoms with Gasteiger partial charge in [0.05, 0.1) is 13.2 Å². The van der Waals surface area contributed by atoms with Crippen LogP contribution in [0.15, 0.2) is 18.2 Å². The van der Waals surface area contributed by atoms with Gasteiger partial charge in [-0.3, -0.25) is 0 Å². The topological polar surface area (TPSA) is 47.6 Å². The Morgan fingerprint density at radius 1 is 1.42 bits per heavy atom. The summed E-state index contributed by atoms with van der Waals surface area (Å²) in [6.07, 6.45) is -0.354. The minimum absolute atomic E-state index is 0. The number of aryl methyl sites for hydroxylation is 1. The van der Waals surface area contributed by atoms with Crippen LogP contribution in [0.1, 0.15) is 31.0 Å². The van der Waals surface area contributed by atoms with Crippen LogP contribution in [0.25, 0.3) is 0 Å². The second-order valence-electron chi connectivity index (χ2n) is 5.37. The lowest BCUT2D eigenvalue weighted by Crippen LogP contribution is -2.46. The van der Waals surface area contributed by atoms with Gasteiger partial charge in [-0.1, -0.05) is 26.0 Å². The fraction of sp³-hybridized carbons (Fsp3) is 0.500. The average Bonchev–Trinajstić information content (AvgIpc) is 2.32. The highest BCUT2D eigenvalue weighted by Gasteiger charge is 2.37. The van der Waals surface area contributed by atoms with E-state index in [2.05, 4.69) is 25.2 Å². The van der Waals surface area contributed by atoms with Crippen molar-refractivity contribution in [1.82, 2.24) is 5.32 Å². The first-order valence-corrected chi connectivity index (χ1v) is 6.02. The molecule has 2 rings (SSSR count). The van der Waals surface area contributed by atoms with Gasteiger partial charge in [0.15, 0.2) is 0 Å². The standard InChI is InChI=1S/C14H19NO3.ClH/c1-9-7-10(5-6-11(9)17-4)12-14(2,3)8-18-13(16)15-12;/h5-7,12H,8H2,1-4H3,(H,15,16);1H/t12-;/m1./s1. The van der Waals surface area contributed by atoms with Gasteiger partial charge in [0.1, 0.15) is 12.4 Å². The molecule has 1 atom stereocenters. The summed E-state index contributed by atoms with van der Waals surface area (Å²) in [7, 11) is 1.65. The van der Waals surface area contributed by atoms with Crippen molar-refractivity contribution in [2.24, 2.45) is 5.41 Å². The van der Waals surface area contributed by atoms with Crippen molar-refractivity contribution in [3.63, 3.8) is 0 Å². The van der Waals surface area contributed by atoms with Crippen molar-refractivity contribution in [2.75, 3.05) is 13.7 Å². The van der Waals surface area contributed by atoms with Gasteiger partial charge in [0, 0.05) is 5.41 Å². The number of hydrogen-bond acceptors (Lipinski definition) is 3. The molecule has 1 fully saturated rings. The third-order valence-electron chi connectivity index (χ3n) is 3.37. The van der Waals surface area contributed by atoms with E-state index in [-0.39, 0.29) is 30.0 Å². The Morgan fingerprint density at radius 3 is 2.68 bits per heavy atom.